The van der Waals surface area contributed by atoms with Crippen LogP contribution in [0.25, 0.3) is 11.3 Å². The highest BCUT2D eigenvalue weighted by molar-refractivity contribution is 5.66. The lowest BCUT2D eigenvalue weighted by molar-refractivity contribution is -0.139. The van der Waals surface area contributed by atoms with E-state index < -0.39 is 29.2 Å². The quantitative estimate of drug-likeness (QED) is 0.357. The summed E-state index contributed by atoms with van der Waals surface area (Å²) in [6.07, 6.45) is 0.321. The van der Waals surface area contributed by atoms with E-state index in [9.17, 15) is 27.5 Å². The fraction of sp³-hybridized carbons (Fsp3) is 0.448. The number of aromatic nitrogens is 2. The van der Waals surface area contributed by atoms with Crippen LogP contribution in [0.3, 0.4) is 0 Å². The second kappa shape index (κ2) is 11.0. The van der Waals surface area contributed by atoms with E-state index in [0.717, 1.165) is 62.3 Å². The van der Waals surface area contributed by atoms with Crippen LogP contribution >= 0.6 is 0 Å². The van der Waals surface area contributed by atoms with Gasteiger partial charge in [-0.25, -0.2) is 14.2 Å². The Morgan fingerprint density at radius 1 is 1.10 bits per heavy atom. The smallest absolute Gasteiger partial charge is 0.419 e. The molecular weight excluding hydrogens is 512 g/mol. The first kappa shape index (κ1) is 27.2. The van der Waals surface area contributed by atoms with Crippen LogP contribution in [0, 0.1) is 5.82 Å². The molecule has 2 aliphatic rings. The Morgan fingerprint density at radius 2 is 1.85 bits per heavy atom. The molecule has 0 spiro atoms. The molecule has 0 saturated carbocycles. The molecule has 10 heteroatoms. The minimum absolute atomic E-state index is 0.0678. The predicted molar refractivity (Wildman–Crippen MR) is 139 cm³/mol. The molecule has 5 rings (SSSR count). The van der Waals surface area contributed by atoms with Crippen molar-refractivity contribution in [2.24, 2.45) is 0 Å². The highest BCUT2D eigenvalue weighted by atomic mass is 19.4. The molecule has 3 heterocycles. The molecule has 3 aromatic rings. The summed E-state index contributed by atoms with van der Waals surface area (Å²) >= 11 is 0. The van der Waals surface area contributed by atoms with Gasteiger partial charge in [-0.15, -0.1) is 0 Å². The van der Waals surface area contributed by atoms with E-state index in [1.165, 1.54) is 11.0 Å². The highest BCUT2D eigenvalue weighted by Gasteiger charge is 2.43. The van der Waals surface area contributed by atoms with Crippen molar-refractivity contribution in [2.75, 3.05) is 19.6 Å². The van der Waals surface area contributed by atoms with Crippen molar-refractivity contribution in [2.45, 2.75) is 62.7 Å². The molecule has 1 amide bonds. The van der Waals surface area contributed by atoms with Crippen molar-refractivity contribution in [1.82, 2.24) is 19.8 Å². The number of carboxylic acid groups (broad SMARTS) is 1. The second-order valence-electron chi connectivity index (χ2n) is 10.6. The van der Waals surface area contributed by atoms with Crippen LogP contribution in [-0.4, -0.2) is 50.8 Å². The number of alkyl halides is 3. The van der Waals surface area contributed by atoms with Gasteiger partial charge in [0.05, 0.1) is 16.8 Å². The van der Waals surface area contributed by atoms with Gasteiger partial charge in [0.1, 0.15) is 11.6 Å². The van der Waals surface area contributed by atoms with Gasteiger partial charge in [-0.2, -0.15) is 13.2 Å². The lowest BCUT2D eigenvalue weighted by Gasteiger charge is -2.46. The fourth-order valence-corrected chi connectivity index (χ4v) is 6.10. The first-order chi connectivity index (χ1) is 18.7. The maximum atomic E-state index is 14.0. The minimum Gasteiger partial charge on any atom is -0.465 e. The molecule has 1 atom stereocenters. The third-order valence-corrected chi connectivity index (χ3v) is 8.00. The molecule has 39 heavy (non-hydrogen) atoms. The molecule has 2 saturated heterocycles. The van der Waals surface area contributed by atoms with E-state index in [1.54, 1.807) is 6.20 Å². The van der Waals surface area contributed by atoms with Gasteiger partial charge in [0.25, 0.3) is 0 Å². The summed E-state index contributed by atoms with van der Waals surface area (Å²) in [4.78, 5) is 18.8. The van der Waals surface area contributed by atoms with Gasteiger partial charge >= 0.3 is 12.3 Å². The van der Waals surface area contributed by atoms with Crippen molar-refractivity contribution in [1.29, 1.82) is 0 Å². The Bertz CT molecular complexity index is 1300. The van der Waals surface area contributed by atoms with Crippen molar-refractivity contribution in [3.05, 3.63) is 77.5 Å². The summed E-state index contributed by atoms with van der Waals surface area (Å²) in [5.74, 6) is -0.531. The summed E-state index contributed by atoms with van der Waals surface area (Å²) in [5.41, 5.74) is -0.564. The Labute approximate surface area is 224 Å². The van der Waals surface area contributed by atoms with Crippen LogP contribution in [0.5, 0.6) is 0 Å². The zero-order valence-electron chi connectivity index (χ0n) is 21.6. The van der Waals surface area contributed by atoms with E-state index in [1.807, 2.05) is 34.9 Å². The average molecular weight is 545 g/mol. The van der Waals surface area contributed by atoms with Gasteiger partial charge < -0.3 is 19.9 Å². The Balaban J connectivity index is 1.60. The zero-order chi connectivity index (χ0) is 27.6. The van der Waals surface area contributed by atoms with Crippen LogP contribution in [0.1, 0.15) is 55.0 Å². The Kier molecular flexibility index (Phi) is 7.66. The lowest BCUT2D eigenvalue weighted by atomic mass is 9.81. The molecule has 0 radical (unpaired) electrons. The second-order valence-corrected chi connectivity index (χ2v) is 10.6. The number of hydrogen-bond donors (Lipinski definition) is 2. The van der Waals surface area contributed by atoms with Crippen molar-refractivity contribution in [3.8, 4) is 11.3 Å². The number of carbonyl (C=O) groups is 1. The van der Waals surface area contributed by atoms with Gasteiger partial charge in [-0.05, 0) is 75.4 Å². The number of amides is 1. The molecule has 1 unspecified atom stereocenters. The molecule has 0 bridgehead atoms. The zero-order valence-corrected chi connectivity index (χ0v) is 21.6. The molecule has 2 N–H and O–H groups in total. The molecule has 1 aromatic heterocycles. The molecule has 2 aliphatic heterocycles. The van der Waals surface area contributed by atoms with Gasteiger partial charge in [0.15, 0.2) is 0 Å². The lowest BCUT2D eigenvalue weighted by Crippen LogP contribution is -2.58. The van der Waals surface area contributed by atoms with Crippen molar-refractivity contribution < 1.29 is 27.5 Å². The number of halogens is 4. The van der Waals surface area contributed by atoms with Crippen molar-refractivity contribution in [3.63, 3.8) is 0 Å². The van der Waals surface area contributed by atoms with Crippen LogP contribution in [-0.2, 0) is 19.1 Å². The third kappa shape index (κ3) is 5.80. The van der Waals surface area contributed by atoms with E-state index in [0.29, 0.717) is 31.6 Å². The van der Waals surface area contributed by atoms with E-state index in [2.05, 4.69) is 5.32 Å². The number of nitrogens with one attached hydrogen (secondary N) is 1. The standard InChI is InChI=1S/C29H32F4N4O2/c30-24-9-8-22(16-23(24)29(31,32)33)25-18-36(26(35-25)21-10-13-34-14-11-21)19-28(17-20-6-2-1-3-7-20)12-4-5-15-37(28)27(38)39/h1-3,6-9,16,18,21,34H,4-5,10-15,17,19H2,(H,38,39). The largest absolute Gasteiger partial charge is 0.465 e. The monoisotopic (exact) mass is 544 g/mol. The number of likely N-dealkylation sites (tertiary alicyclic amines) is 1. The van der Waals surface area contributed by atoms with Crippen LogP contribution < -0.4 is 5.32 Å². The van der Waals surface area contributed by atoms with E-state index in [-0.39, 0.29) is 11.5 Å². The maximum absolute atomic E-state index is 14.0. The number of benzene rings is 2. The Hall–Kier alpha value is -3.40. The van der Waals surface area contributed by atoms with Crippen LogP contribution in [0.4, 0.5) is 22.4 Å². The van der Waals surface area contributed by atoms with Gasteiger partial charge in [-0.3, -0.25) is 0 Å². The summed E-state index contributed by atoms with van der Waals surface area (Å²) in [5, 5.41) is 13.5. The van der Waals surface area contributed by atoms with Gasteiger partial charge in [0.2, 0.25) is 0 Å². The SMILES string of the molecule is O=C(O)N1CCCCC1(Cc1ccccc1)Cn1cc(-c2ccc(F)c(C(F)(F)F)c2)nc1C1CCNCC1. The summed E-state index contributed by atoms with van der Waals surface area (Å²) in [6, 6.07) is 12.7. The Morgan fingerprint density at radius 3 is 2.54 bits per heavy atom. The van der Waals surface area contributed by atoms with Crippen LogP contribution in [0.2, 0.25) is 0 Å². The highest BCUT2D eigenvalue weighted by Crippen LogP contribution is 2.38. The molecule has 6 nitrogen and oxygen atoms in total. The number of hydrogen-bond acceptors (Lipinski definition) is 3. The summed E-state index contributed by atoms with van der Waals surface area (Å²) in [6.45, 7) is 2.32. The predicted octanol–water partition coefficient (Wildman–Crippen LogP) is 6.32. The summed E-state index contributed by atoms with van der Waals surface area (Å²) in [7, 11) is 0. The number of rotatable bonds is 6. The maximum Gasteiger partial charge on any atom is 0.419 e. The summed E-state index contributed by atoms with van der Waals surface area (Å²) < 4.78 is 56.4. The first-order valence-electron chi connectivity index (χ1n) is 13.4. The van der Waals surface area contributed by atoms with Crippen LogP contribution in [0.15, 0.2) is 54.7 Å². The van der Waals surface area contributed by atoms with Gasteiger partial charge in [-0.1, -0.05) is 30.3 Å². The van der Waals surface area contributed by atoms with E-state index >= 15 is 0 Å². The fourth-order valence-electron chi connectivity index (χ4n) is 6.10. The number of imidazole rings is 1. The molecular formula is C29H32F4N4O2. The normalized spacial score (nSPS) is 20.8. The van der Waals surface area contributed by atoms with Crippen molar-refractivity contribution >= 4 is 6.09 Å². The minimum atomic E-state index is -4.83. The molecule has 208 valence electrons. The third-order valence-electron chi connectivity index (χ3n) is 8.00. The van der Waals surface area contributed by atoms with Gasteiger partial charge in [0, 0.05) is 30.8 Å². The topological polar surface area (TPSA) is 70.4 Å². The molecule has 2 aromatic carbocycles. The average Bonchev–Trinajstić information content (AvgIpc) is 3.32. The number of nitrogens with zero attached hydrogens (tertiary/aromatic N) is 3. The van der Waals surface area contributed by atoms with E-state index in [4.69, 9.17) is 4.98 Å². The first-order valence-corrected chi connectivity index (χ1v) is 13.4. The molecule has 0 aliphatic carbocycles. The number of piperidine rings is 2. The molecule has 2 fully saturated rings.